The number of hydrogen-bond donors (Lipinski definition) is 0. The van der Waals surface area contributed by atoms with Crippen molar-refractivity contribution < 1.29 is 19.1 Å². The first kappa shape index (κ1) is 34.8. The number of ketones is 2. The third kappa shape index (κ3) is 14.5. The monoisotopic (exact) mass is 670 g/mol. The van der Waals surface area contributed by atoms with Gasteiger partial charge in [-0.25, -0.2) is 0 Å². The second kappa shape index (κ2) is 16.9. The molecule has 0 saturated carbocycles. The lowest BCUT2D eigenvalue weighted by molar-refractivity contribution is -0.156. The summed E-state index contributed by atoms with van der Waals surface area (Å²) in [4.78, 5) is 46.6. The standard InChI is InChI=1S/C31H51IN4O4/c1-24(2)19-33-12-13-34(23-30(39)40-31(5,6)7)14-15-35(20-25(3)37)22-29(36(17-16-33)21-26(4)38)18-27-8-10-28(32)11-9-27/h8-11,24,29H,12-23H2,1-7H3. The van der Waals surface area contributed by atoms with Crippen molar-refractivity contribution in [2.75, 3.05) is 72.0 Å². The van der Waals surface area contributed by atoms with Crippen molar-refractivity contribution >= 4 is 40.1 Å². The molecule has 0 aromatic heterocycles. The molecule has 1 aliphatic rings. The molecule has 1 saturated heterocycles. The summed E-state index contributed by atoms with van der Waals surface area (Å²) in [7, 11) is 0. The number of benzene rings is 1. The third-order valence-corrected chi connectivity index (χ3v) is 7.53. The molecule has 2 rings (SSSR count). The molecule has 226 valence electrons. The maximum atomic E-state index is 12.8. The Labute approximate surface area is 255 Å². The first-order valence-corrected chi connectivity index (χ1v) is 15.6. The zero-order valence-corrected chi connectivity index (χ0v) is 27.9. The van der Waals surface area contributed by atoms with Gasteiger partial charge in [0, 0.05) is 62.0 Å². The summed E-state index contributed by atoms with van der Waals surface area (Å²) in [6.07, 6.45) is 0.796. The van der Waals surface area contributed by atoms with Crippen molar-refractivity contribution in [1.29, 1.82) is 0 Å². The Morgan fingerprint density at radius 3 is 1.95 bits per heavy atom. The van der Waals surface area contributed by atoms with Crippen molar-refractivity contribution in [2.24, 2.45) is 5.92 Å². The average molecular weight is 671 g/mol. The van der Waals surface area contributed by atoms with Crippen LogP contribution in [0.4, 0.5) is 0 Å². The highest BCUT2D eigenvalue weighted by Gasteiger charge is 2.27. The first-order chi connectivity index (χ1) is 18.7. The van der Waals surface area contributed by atoms with Crippen LogP contribution < -0.4 is 0 Å². The Balaban J connectivity index is 2.37. The number of hydrogen-bond acceptors (Lipinski definition) is 8. The fourth-order valence-electron chi connectivity index (χ4n) is 5.20. The molecular formula is C31H51IN4O4. The maximum Gasteiger partial charge on any atom is 0.320 e. The molecule has 1 aromatic carbocycles. The summed E-state index contributed by atoms with van der Waals surface area (Å²) >= 11 is 2.32. The average Bonchev–Trinajstić information content (AvgIpc) is 2.81. The second-order valence-electron chi connectivity index (χ2n) is 12.7. The predicted molar refractivity (Wildman–Crippen MR) is 170 cm³/mol. The van der Waals surface area contributed by atoms with E-state index in [1.807, 2.05) is 20.8 Å². The van der Waals surface area contributed by atoms with Gasteiger partial charge < -0.3 is 9.64 Å². The molecule has 0 aliphatic carbocycles. The zero-order valence-electron chi connectivity index (χ0n) is 25.7. The lowest BCUT2D eigenvalue weighted by Crippen LogP contribution is -2.53. The summed E-state index contributed by atoms with van der Waals surface area (Å²) in [6, 6.07) is 8.63. The Hall–Kier alpha value is -1.40. The van der Waals surface area contributed by atoms with Gasteiger partial charge in [-0.3, -0.25) is 29.1 Å². The van der Waals surface area contributed by atoms with Crippen LogP contribution >= 0.6 is 22.6 Å². The van der Waals surface area contributed by atoms with E-state index in [-0.39, 0.29) is 30.1 Å². The molecule has 0 amide bonds. The van der Waals surface area contributed by atoms with E-state index in [0.717, 1.165) is 39.1 Å². The van der Waals surface area contributed by atoms with E-state index in [9.17, 15) is 14.4 Å². The number of nitrogens with zero attached hydrogens (tertiary/aromatic N) is 4. The maximum absolute atomic E-state index is 12.8. The smallest absolute Gasteiger partial charge is 0.320 e. The Bertz CT molecular complexity index is 948. The molecule has 1 aromatic rings. The van der Waals surface area contributed by atoms with Gasteiger partial charge in [-0.2, -0.15) is 0 Å². The normalized spacial score (nSPS) is 19.7. The van der Waals surface area contributed by atoms with Crippen LogP contribution in [0.3, 0.4) is 0 Å². The van der Waals surface area contributed by atoms with E-state index in [2.05, 4.69) is 80.3 Å². The predicted octanol–water partition coefficient (Wildman–Crippen LogP) is 3.60. The molecular weight excluding hydrogens is 619 g/mol. The van der Waals surface area contributed by atoms with Gasteiger partial charge >= 0.3 is 5.97 Å². The SMILES string of the molecule is CC(=O)CN1CCN(CC(=O)OC(C)(C)C)CCN(CC(C)C)CCN(CC(C)=O)C(Cc2ccc(I)cc2)C1. The first-order valence-electron chi connectivity index (χ1n) is 14.6. The zero-order chi connectivity index (χ0) is 29.9. The summed E-state index contributed by atoms with van der Waals surface area (Å²) in [6.45, 7) is 20.5. The van der Waals surface area contributed by atoms with E-state index in [0.29, 0.717) is 38.6 Å². The van der Waals surface area contributed by atoms with Crippen LogP contribution in [0.25, 0.3) is 0 Å². The van der Waals surface area contributed by atoms with E-state index in [1.165, 1.54) is 9.13 Å². The third-order valence-electron chi connectivity index (χ3n) is 6.81. The van der Waals surface area contributed by atoms with Crippen LogP contribution in [0.1, 0.15) is 54.0 Å². The molecule has 9 heteroatoms. The van der Waals surface area contributed by atoms with Crippen LogP contribution in [0, 0.1) is 9.49 Å². The van der Waals surface area contributed by atoms with E-state index in [4.69, 9.17) is 4.74 Å². The molecule has 0 radical (unpaired) electrons. The van der Waals surface area contributed by atoms with Gasteiger partial charge in [0.15, 0.2) is 0 Å². The second-order valence-corrected chi connectivity index (χ2v) is 13.9. The molecule has 0 bridgehead atoms. The van der Waals surface area contributed by atoms with E-state index in [1.54, 1.807) is 13.8 Å². The van der Waals surface area contributed by atoms with Crippen molar-refractivity contribution in [2.45, 2.75) is 66.5 Å². The lowest BCUT2D eigenvalue weighted by Gasteiger charge is -2.38. The highest BCUT2D eigenvalue weighted by Crippen LogP contribution is 2.16. The molecule has 0 N–H and O–H groups in total. The van der Waals surface area contributed by atoms with Crippen LogP contribution in [0.2, 0.25) is 0 Å². The fraction of sp³-hybridized carbons (Fsp3) is 0.710. The van der Waals surface area contributed by atoms with Crippen molar-refractivity contribution in [3.8, 4) is 0 Å². The molecule has 1 heterocycles. The Kier molecular flexibility index (Phi) is 14.7. The van der Waals surface area contributed by atoms with Gasteiger partial charge in [0.05, 0.1) is 19.6 Å². The number of halogens is 1. The van der Waals surface area contributed by atoms with Gasteiger partial charge in [0.2, 0.25) is 0 Å². The topological polar surface area (TPSA) is 73.4 Å². The van der Waals surface area contributed by atoms with E-state index < -0.39 is 5.60 Å². The summed E-state index contributed by atoms with van der Waals surface area (Å²) in [5.41, 5.74) is 0.691. The minimum atomic E-state index is -0.531. The minimum Gasteiger partial charge on any atom is -0.459 e. The number of carbonyl (C=O) groups excluding carboxylic acids is 3. The van der Waals surface area contributed by atoms with Crippen LogP contribution in [-0.2, 0) is 25.5 Å². The number of esters is 1. The van der Waals surface area contributed by atoms with E-state index >= 15 is 0 Å². The Morgan fingerprint density at radius 1 is 0.850 bits per heavy atom. The molecule has 1 atom stereocenters. The minimum absolute atomic E-state index is 0.0722. The van der Waals surface area contributed by atoms with Crippen molar-refractivity contribution in [3.05, 3.63) is 33.4 Å². The largest absolute Gasteiger partial charge is 0.459 e. The number of carbonyl (C=O) groups is 3. The van der Waals surface area contributed by atoms with Crippen LogP contribution in [-0.4, -0.2) is 121 Å². The van der Waals surface area contributed by atoms with Gasteiger partial charge in [-0.1, -0.05) is 26.0 Å². The highest BCUT2D eigenvalue weighted by molar-refractivity contribution is 14.1. The Morgan fingerprint density at radius 2 is 1.40 bits per heavy atom. The highest BCUT2D eigenvalue weighted by atomic mass is 127. The molecule has 1 unspecified atom stereocenters. The number of rotatable bonds is 10. The summed E-state index contributed by atoms with van der Waals surface area (Å²) in [5.74, 6) is 0.538. The fourth-order valence-corrected chi connectivity index (χ4v) is 5.56. The number of ether oxygens (including phenoxy) is 1. The molecule has 1 aliphatic heterocycles. The lowest BCUT2D eigenvalue weighted by atomic mass is 10.0. The molecule has 8 nitrogen and oxygen atoms in total. The number of Topliss-reactive ketones (excluding diaryl/α,β-unsaturated/α-hetero) is 2. The summed E-state index contributed by atoms with van der Waals surface area (Å²) in [5, 5.41) is 0. The van der Waals surface area contributed by atoms with Crippen molar-refractivity contribution in [1.82, 2.24) is 19.6 Å². The molecule has 0 spiro atoms. The molecule has 1 fully saturated rings. The van der Waals surface area contributed by atoms with Crippen molar-refractivity contribution in [3.63, 3.8) is 0 Å². The van der Waals surface area contributed by atoms with Crippen LogP contribution in [0.15, 0.2) is 24.3 Å². The van der Waals surface area contributed by atoms with Crippen LogP contribution in [0.5, 0.6) is 0 Å². The quantitative estimate of drug-likeness (QED) is 0.277. The van der Waals surface area contributed by atoms with Gasteiger partial charge in [-0.15, -0.1) is 0 Å². The molecule has 40 heavy (non-hydrogen) atoms. The van der Waals surface area contributed by atoms with Gasteiger partial charge in [0.25, 0.3) is 0 Å². The van der Waals surface area contributed by atoms with Gasteiger partial charge in [-0.05, 0) is 87.2 Å². The van der Waals surface area contributed by atoms with Gasteiger partial charge in [0.1, 0.15) is 17.2 Å². The summed E-state index contributed by atoms with van der Waals surface area (Å²) < 4.78 is 6.83.